The lowest BCUT2D eigenvalue weighted by atomic mass is 10.0. The molecule has 0 saturated heterocycles. The number of fused-ring (bicyclic) bond motifs is 1. The van der Waals surface area contributed by atoms with Crippen LogP contribution in [0.4, 0.5) is 23.8 Å². The van der Waals surface area contributed by atoms with Crippen molar-refractivity contribution in [2.45, 2.75) is 45.3 Å². The molecule has 0 aliphatic carbocycles. The zero-order chi connectivity index (χ0) is 33.2. The third kappa shape index (κ3) is 7.45. The number of nitrogens with one attached hydrogen (secondary N) is 1. The quantitative estimate of drug-likeness (QED) is 0.132. The number of benzene rings is 1. The number of hydrogen-bond acceptors (Lipinski definition) is 10. The van der Waals surface area contributed by atoms with Crippen LogP contribution in [0.1, 0.15) is 43.7 Å². The second-order valence-corrected chi connectivity index (χ2v) is 12.0. The Hall–Kier alpha value is -4.86. The number of nitrogens with zero attached hydrogens (tertiary/aromatic N) is 3. The highest BCUT2D eigenvalue weighted by molar-refractivity contribution is 7.88. The van der Waals surface area contributed by atoms with E-state index in [0.717, 1.165) is 12.1 Å². The maximum atomic E-state index is 13.5. The second-order valence-electron chi connectivity index (χ2n) is 10.4. The molecule has 0 unspecified atom stereocenters. The Morgan fingerprint density at radius 2 is 1.76 bits per heavy atom. The number of halogens is 3. The number of amides is 1. The number of pyridine rings is 2. The van der Waals surface area contributed by atoms with Crippen molar-refractivity contribution in [3.05, 3.63) is 66.1 Å². The van der Waals surface area contributed by atoms with Crippen LogP contribution in [-0.2, 0) is 26.1 Å². The Kier molecular flexibility index (Phi) is 9.27. The Morgan fingerprint density at radius 1 is 1.02 bits per heavy atom. The molecule has 45 heavy (non-hydrogen) atoms. The number of carbonyl (C=O) groups excluding carboxylic acids is 2. The number of aromatic nitrogens is 3. The molecule has 4 rings (SSSR count). The van der Waals surface area contributed by atoms with Crippen LogP contribution >= 0.6 is 0 Å². The van der Waals surface area contributed by atoms with Gasteiger partial charge in [-0.15, -0.1) is 0 Å². The molecular formula is C29H29F3N4O8S. The van der Waals surface area contributed by atoms with Gasteiger partial charge >= 0.3 is 27.7 Å². The fourth-order valence-electron chi connectivity index (χ4n) is 4.38. The van der Waals surface area contributed by atoms with Gasteiger partial charge in [-0.05, 0) is 75.7 Å². The summed E-state index contributed by atoms with van der Waals surface area (Å²) >= 11 is 0. The van der Waals surface area contributed by atoms with Crippen molar-refractivity contribution in [1.29, 1.82) is 0 Å². The zero-order valence-electron chi connectivity index (χ0n) is 24.8. The van der Waals surface area contributed by atoms with Gasteiger partial charge in [0.15, 0.2) is 0 Å². The van der Waals surface area contributed by atoms with Gasteiger partial charge in [0.2, 0.25) is 5.88 Å². The van der Waals surface area contributed by atoms with Gasteiger partial charge in [-0.2, -0.15) is 21.6 Å². The summed E-state index contributed by atoms with van der Waals surface area (Å²) in [7, 11) is -4.66. The first kappa shape index (κ1) is 33.0. The molecule has 1 N–H and O–H groups in total. The van der Waals surface area contributed by atoms with Crippen molar-refractivity contribution in [1.82, 2.24) is 14.5 Å². The number of methoxy groups -OCH3 is 1. The van der Waals surface area contributed by atoms with E-state index in [0.29, 0.717) is 11.1 Å². The molecule has 240 valence electrons. The molecule has 12 nitrogen and oxygen atoms in total. The second kappa shape index (κ2) is 12.6. The van der Waals surface area contributed by atoms with E-state index in [1.807, 2.05) is 0 Å². The molecule has 3 aromatic heterocycles. The maximum Gasteiger partial charge on any atom is 0.534 e. The molecule has 0 fully saturated rings. The molecule has 1 amide bonds. The number of rotatable bonds is 9. The monoisotopic (exact) mass is 650 g/mol. The normalized spacial score (nSPS) is 12.1. The number of carbonyl (C=O) groups is 2. The van der Waals surface area contributed by atoms with Gasteiger partial charge in [0.25, 0.3) is 0 Å². The number of anilines is 1. The van der Waals surface area contributed by atoms with Crippen LogP contribution in [0.25, 0.3) is 22.0 Å². The van der Waals surface area contributed by atoms with E-state index in [9.17, 15) is 31.2 Å². The van der Waals surface area contributed by atoms with Gasteiger partial charge in [-0.3, -0.25) is 5.32 Å². The van der Waals surface area contributed by atoms with Gasteiger partial charge in [0, 0.05) is 41.0 Å². The minimum atomic E-state index is -6.00. The summed E-state index contributed by atoms with van der Waals surface area (Å²) in [6, 6.07) is 9.71. The number of ether oxygens (including phenoxy) is 3. The smallest absolute Gasteiger partial charge is 0.481 e. The first-order chi connectivity index (χ1) is 21.0. The van der Waals surface area contributed by atoms with Crippen LogP contribution in [0.5, 0.6) is 11.6 Å². The number of esters is 1. The topological polar surface area (TPSA) is 148 Å². The fourth-order valence-corrected chi connectivity index (χ4v) is 4.84. The minimum absolute atomic E-state index is 0.0125. The zero-order valence-corrected chi connectivity index (χ0v) is 25.6. The van der Waals surface area contributed by atoms with Crippen LogP contribution < -0.4 is 14.2 Å². The summed E-state index contributed by atoms with van der Waals surface area (Å²) in [4.78, 5) is 34.2. The van der Waals surface area contributed by atoms with Gasteiger partial charge in [-0.1, -0.05) is 0 Å². The molecule has 0 atom stereocenters. The molecule has 4 aromatic rings. The van der Waals surface area contributed by atoms with E-state index in [2.05, 4.69) is 19.5 Å². The van der Waals surface area contributed by atoms with Crippen LogP contribution in [0, 0.1) is 0 Å². The van der Waals surface area contributed by atoms with E-state index in [4.69, 9.17) is 14.2 Å². The Labute approximate surface area is 256 Å². The first-order valence-corrected chi connectivity index (χ1v) is 14.7. The third-order valence-corrected chi connectivity index (χ3v) is 7.00. The summed E-state index contributed by atoms with van der Waals surface area (Å²) in [6.45, 7) is 6.67. The summed E-state index contributed by atoms with van der Waals surface area (Å²) in [5.74, 6) is -1.22. The largest absolute Gasteiger partial charge is 0.534 e. The molecule has 0 bridgehead atoms. The Balaban J connectivity index is 1.94. The van der Waals surface area contributed by atoms with E-state index in [-0.39, 0.29) is 47.1 Å². The Morgan fingerprint density at radius 3 is 2.40 bits per heavy atom. The lowest BCUT2D eigenvalue weighted by molar-refractivity contribution is -0.0500. The molecule has 16 heteroatoms. The molecule has 1 aromatic carbocycles. The molecule has 0 aliphatic rings. The van der Waals surface area contributed by atoms with Crippen molar-refractivity contribution in [3.63, 3.8) is 0 Å². The van der Waals surface area contributed by atoms with Crippen LogP contribution in [0.3, 0.4) is 0 Å². The van der Waals surface area contributed by atoms with Crippen molar-refractivity contribution in [3.8, 4) is 22.8 Å². The average Bonchev–Trinajstić information content (AvgIpc) is 3.24. The maximum absolute atomic E-state index is 13.5. The highest BCUT2D eigenvalue weighted by atomic mass is 32.2. The predicted molar refractivity (Wildman–Crippen MR) is 156 cm³/mol. The van der Waals surface area contributed by atoms with Gasteiger partial charge in [0.1, 0.15) is 22.9 Å². The van der Waals surface area contributed by atoms with Crippen LogP contribution in [0.15, 0.2) is 54.9 Å². The lowest BCUT2D eigenvalue weighted by Gasteiger charge is -2.19. The summed E-state index contributed by atoms with van der Waals surface area (Å²) < 4.78 is 85.0. The number of alkyl halides is 3. The van der Waals surface area contributed by atoms with E-state index < -0.39 is 39.0 Å². The fraction of sp³-hybridized carbons (Fsp3) is 0.310. The van der Waals surface area contributed by atoms with Crippen molar-refractivity contribution >= 4 is 38.9 Å². The Bertz CT molecular complexity index is 1850. The van der Waals surface area contributed by atoms with E-state index in [1.165, 1.54) is 30.1 Å². The lowest BCUT2D eigenvalue weighted by Crippen LogP contribution is -2.28. The summed E-state index contributed by atoms with van der Waals surface area (Å²) in [5, 5.41) is 2.68. The average molecular weight is 651 g/mol. The van der Waals surface area contributed by atoms with Gasteiger partial charge < -0.3 is 23.0 Å². The summed E-state index contributed by atoms with van der Waals surface area (Å²) in [5.41, 5.74) is -5.21. The van der Waals surface area contributed by atoms with Crippen molar-refractivity contribution in [2.24, 2.45) is 0 Å². The van der Waals surface area contributed by atoms with Crippen LogP contribution in [0.2, 0.25) is 0 Å². The van der Waals surface area contributed by atoms with Gasteiger partial charge in [0.05, 0.1) is 13.7 Å². The summed E-state index contributed by atoms with van der Waals surface area (Å²) in [6.07, 6.45) is 2.13. The van der Waals surface area contributed by atoms with Crippen LogP contribution in [-0.4, -0.2) is 59.8 Å². The molecular weight excluding hydrogens is 621 g/mol. The standard InChI is InChI=1S/C29H29F3N4O8S/c1-6-42-26(37)24-23(19-8-7-12-34-25(19)41-5)20-15-18(44-45(39,40)29(30,31)32)9-10-21(20)36(24)16-17-11-13-33-22(14-17)35-27(38)43-28(2,3)4/h7-15H,6,16H2,1-5H3,(H,33,35,38). The highest BCUT2D eigenvalue weighted by Crippen LogP contribution is 2.41. The van der Waals surface area contributed by atoms with E-state index in [1.54, 1.807) is 52.0 Å². The van der Waals surface area contributed by atoms with Gasteiger partial charge in [-0.25, -0.2) is 19.6 Å². The van der Waals surface area contributed by atoms with E-state index >= 15 is 0 Å². The highest BCUT2D eigenvalue weighted by Gasteiger charge is 2.48. The molecule has 3 heterocycles. The minimum Gasteiger partial charge on any atom is -0.481 e. The molecule has 0 radical (unpaired) electrons. The van der Waals surface area contributed by atoms with Crippen molar-refractivity contribution < 1.29 is 49.6 Å². The predicted octanol–water partition coefficient (Wildman–Crippen LogP) is 5.91. The van der Waals surface area contributed by atoms with Crippen molar-refractivity contribution in [2.75, 3.05) is 19.0 Å². The SMILES string of the molecule is CCOC(=O)c1c(-c2cccnc2OC)c2cc(OS(=O)(=O)C(F)(F)F)ccc2n1Cc1ccnc(NC(=O)OC(C)(C)C)c1. The molecule has 0 saturated carbocycles. The third-order valence-electron chi connectivity index (χ3n) is 6.02. The first-order valence-electron chi connectivity index (χ1n) is 13.3. The molecule has 0 spiro atoms. The molecule has 0 aliphatic heterocycles. The number of hydrogen-bond donors (Lipinski definition) is 1.